The summed E-state index contributed by atoms with van der Waals surface area (Å²) in [6.07, 6.45) is 2.41. The van der Waals surface area contributed by atoms with E-state index >= 15 is 0 Å². The Labute approximate surface area is 120 Å². The Hall–Kier alpha value is -1.90. The molecule has 0 saturated heterocycles. The van der Waals surface area contributed by atoms with Crippen molar-refractivity contribution in [2.24, 2.45) is 5.41 Å². The molecule has 0 aliphatic rings. The molecule has 3 nitrogen and oxygen atoms in total. The molecule has 1 heterocycles. The maximum atomic E-state index is 12.1. The van der Waals surface area contributed by atoms with E-state index < -0.39 is 0 Å². The van der Waals surface area contributed by atoms with E-state index in [9.17, 15) is 4.79 Å². The number of hydrogen-bond donors (Lipinski definition) is 0. The van der Waals surface area contributed by atoms with Gasteiger partial charge in [0.05, 0.1) is 5.52 Å². The Bertz CT molecular complexity index is 614. The lowest BCUT2D eigenvalue weighted by molar-refractivity contribution is -0.132. The van der Waals surface area contributed by atoms with Crippen LogP contribution < -0.4 is 0 Å². The van der Waals surface area contributed by atoms with E-state index in [2.05, 4.69) is 31.8 Å². The molecule has 3 heteroatoms. The van der Waals surface area contributed by atoms with Crippen LogP contribution >= 0.6 is 0 Å². The average Bonchev–Trinajstić information content (AvgIpc) is 2.36. The Kier molecular flexibility index (Phi) is 4.07. The lowest BCUT2D eigenvalue weighted by Gasteiger charge is -2.23. The molecule has 0 aliphatic heterocycles. The van der Waals surface area contributed by atoms with Gasteiger partial charge in [0, 0.05) is 31.6 Å². The van der Waals surface area contributed by atoms with Gasteiger partial charge in [0.15, 0.2) is 0 Å². The maximum Gasteiger partial charge on any atom is 0.223 e. The molecule has 1 aromatic heterocycles. The van der Waals surface area contributed by atoms with Crippen LogP contribution in [0.25, 0.3) is 10.9 Å². The van der Waals surface area contributed by atoms with E-state index in [-0.39, 0.29) is 11.3 Å². The first-order valence-electron chi connectivity index (χ1n) is 6.93. The van der Waals surface area contributed by atoms with E-state index in [0.717, 1.165) is 16.5 Å². The third-order valence-corrected chi connectivity index (χ3v) is 3.17. The number of pyridine rings is 1. The summed E-state index contributed by atoms with van der Waals surface area (Å²) in [6, 6.07) is 10.1. The zero-order valence-corrected chi connectivity index (χ0v) is 12.7. The number of amides is 1. The van der Waals surface area contributed by atoms with Crippen LogP contribution in [-0.4, -0.2) is 22.8 Å². The molecule has 1 aromatic carbocycles. The van der Waals surface area contributed by atoms with Crippen molar-refractivity contribution < 1.29 is 4.79 Å². The zero-order valence-electron chi connectivity index (χ0n) is 12.7. The van der Waals surface area contributed by atoms with Gasteiger partial charge in [-0.3, -0.25) is 9.78 Å². The molecule has 2 rings (SSSR count). The highest BCUT2D eigenvalue weighted by molar-refractivity contribution is 5.79. The first-order valence-corrected chi connectivity index (χ1v) is 6.93. The molecule has 0 fully saturated rings. The number of hydrogen-bond acceptors (Lipinski definition) is 2. The van der Waals surface area contributed by atoms with Crippen molar-refractivity contribution in [2.45, 2.75) is 33.7 Å². The van der Waals surface area contributed by atoms with Crippen LogP contribution in [0.2, 0.25) is 0 Å². The van der Waals surface area contributed by atoms with Gasteiger partial charge in [-0.25, -0.2) is 0 Å². The largest absolute Gasteiger partial charge is 0.341 e. The Balaban J connectivity index is 2.09. The second-order valence-corrected chi connectivity index (χ2v) is 6.52. The van der Waals surface area contributed by atoms with E-state index in [1.165, 1.54) is 0 Å². The number of nitrogens with zero attached hydrogens (tertiary/aromatic N) is 2. The normalized spacial score (nSPS) is 11.6. The van der Waals surface area contributed by atoms with Crippen molar-refractivity contribution in [1.82, 2.24) is 9.88 Å². The van der Waals surface area contributed by atoms with Crippen LogP contribution in [0.3, 0.4) is 0 Å². The predicted octanol–water partition coefficient (Wildman–Crippen LogP) is 3.63. The zero-order chi connectivity index (χ0) is 14.8. The number of carbonyl (C=O) groups is 1. The van der Waals surface area contributed by atoms with Crippen LogP contribution in [-0.2, 0) is 11.3 Å². The predicted molar refractivity (Wildman–Crippen MR) is 82.3 cm³/mol. The van der Waals surface area contributed by atoms with Crippen molar-refractivity contribution in [2.75, 3.05) is 7.05 Å². The van der Waals surface area contributed by atoms with Crippen molar-refractivity contribution in [3.8, 4) is 0 Å². The number of para-hydroxylation sites is 1. The Morgan fingerprint density at radius 1 is 1.25 bits per heavy atom. The van der Waals surface area contributed by atoms with Gasteiger partial charge >= 0.3 is 0 Å². The summed E-state index contributed by atoms with van der Waals surface area (Å²) in [7, 11) is 1.85. The molecule has 1 amide bonds. The van der Waals surface area contributed by atoms with Crippen LogP contribution in [0, 0.1) is 5.41 Å². The summed E-state index contributed by atoms with van der Waals surface area (Å²) < 4.78 is 0. The highest BCUT2D eigenvalue weighted by Gasteiger charge is 2.19. The second-order valence-electron chi connectivity index (χ2n) is 6.52. The SMILES string of the molecule is CN(Cc1cnc2ccccc2c1)C(=O)CC(C)(C)C. The van der Waals surface area contributed by atoms with Gasteiger partial charge in [-0.05, 0) is 23.1 Å². The second kappa shape index (κ2) is 5.61. The molecule has 0 bridgehead atoms. The number of fused-ring (bicyclic) bond motifs is 1. The van der Waals surface area contributed by atoms with E-state index in [0.29, 0.717) is 13.0 Å². The number of rotatable bonds is 3. The summed E-state index contributed by atoms with van der Waals surface area (Å²) in [5.74, 6) is 0.172. The van der Waals surface area contributed by atoms with E-state index in [4.69, 9.17) is 0 Å². The highest BCUT2D eigenvalue weighted by Crippen LogP contribution is 2.20. The lowest BCUT2D eigenvalue weighted by Crippen LogP contribution is -2.29. The molecule has 20 heavy (non-hydrogen) atoms. The molecule has 0 aliphatic carbocycles. The summed E-state index contributed by atoms with van der Waals surface area (Å²) in [5.41, 5.74) is 2.07. The topological polar surface area (TPSA) is 33.2 Å². The average molecular weight is 270 g/mol. The van der Waals surface area contributed by atoms with Gasteiger partial charge < -0.3 is 4.90 Å². The number of aromatic nitrogens is 1. The minimum atomic E-state index is 0.0208. The van der Waals surface area contributed by atoms with Gasteiger partial charge in [0.25, 0.3) is 0 Å². The fourth-order valence-electron chi connectivity index (χ4n) is 2.15. The molecule has 0 radical (unpaired) electrons. The van der Waals surface area contributed by atoms with Crippen molar-refractivity contribution in [3.05, 3.63) is 42.1 Å². The molecular formula is C17H22N2O. The van der Waals surface area contributed by atoms with Gasteiger partial charge in [0.1, 0.15) is 0 Å². The minimum absolute atomic E-state index is 0.0208. The molecule has 106 valence electrons. The summed E-state index contributed by atoms with van der Waals surface area (Å²) in [4.78, 5) is 18.3. The quantitative estimate of drug-likeness (QED) is 0.853. The van der Waals surface area contributed by atoms with Crippen molar-refractivity contribution in [3.63, 3.8) is 0 Å². The first kappa shape index (κ1) is 14.5. The van der Waals surface area contributed by atoms with Crippen molar-refractivity contribution >= 4 is 16.8 Å². The van der Waals surface area contributed by atoms with Gasteiger partial charge in [-0.2, -0.15) is 0 Å². The molecule has 0 saturated carbocycles. The first-order chi connectivity index (χ1) is 9.35. The van der Waals surface area contributed by atoms with Crippen LogP contribution in [0.4, 0.5) is 0 Å². The van der Waals surface area contributed by atoms with Crippen molar-refractivity contribution in [1.29, 1.82) is 0 Å². The molecule has 2 aromatic rings. The van der Waals surface area contributed by atoms with Gasteiger partial charge in [-0.15, -0.1) is 0 Å². The molecule has 0 N–H and O–H groups in total. The fraction of sp³-hybridized carbons (Fsp3) is 0.412. The fourth-order valence-corrected chi connectivity index (χ4v) is 2.15. The minimum Gasteiger partial charge on any atom is -0.341 e. The molecule has 0 atom stereocenters. The molecular weight excluding hydrogens is 248 g/mol. The van der Waals surface area contributed by atoms with E-state index in [1.807, 2.05) is 37.5 Å². The summed E-state index contributed by atoms with van der Waals surface area (Å²) >= 11 is 0. The van der Waals surface area contributed by atoms with Crippen LogP contribution in [0.1, 0.15) is 32.8 Å². The standard InChI is InChI=1S/C17H22N2O/c1-17(2,3)10-16(20)19(4)12-13-9-14-7-5-6-8-15(14)18-11-13/h5-9,11H,10,12H2,1-4H3. The van der Waals surface area contributed by atoms with Gasteiger partial charge in [0.2, 0.25) is 5.91 Å². The van der Waals surface area contributed by atoms with E-state index in [1.54, 1.807) is 4.90 Å². The van der Waals surface area contributed by atoms with Gasteiger partial charge in [-0.1, -0.05) is 39.0 Å². The van der Waals surface area contributed by atoms with Crippen LogP contribution in [0.5, 0.6) is 0 Å². The Morgan fingerprint density at radius 2 is 1.95 bits per heavy atom. The summed E-state index contributed by atoms with van der Waals surface area (Å²) in [6.45, 7) is 6.84. The number of benzene rings is 1. The number of carbonyl (C=O) groups excluding carboxylic acids is 1. The smallest absolute Gasteiger partial charge is 0.223 e. The van der Waals surface area contributed by atoms with Crippen LogP contribution in [0.15, 0.2) is 36.5 Å². The third-order valence-electron chi connectivity index (χ3n) is 3.17. The lowest BCUT2D eigenvalue weighted by atomic mass is 9.91. The molecule has 0 unspecified atom stereocenters. The Morgan fingerprint density at radius 3 is 2.65 bits per heavy atom. The highest BCUT2D eigenvalue weighted by atomic mass is 16.2. The summed E-state index contributed by atoms with van der Waals surface area (Å²) in [5, 5.41) is 1.11. The maximum absolute atomic E-state index is 12.1. The molecule has 0 spiro atoms. The monoisotopic (exact) mass is 270 g/mol. The third kappa shape index (κ3) is 3.80.